The van der Waals surface area contributed by atoms with Gasteiger partial charge >= 0.3 is 0 Å². The van der Waals surface area contributed by atoms with Crippen molar-refractivity contribution in [2.75, 3.05) is 20.3 Å². The number of aromatic nitrogens is 2. The molecule has 5 nitrogen and oxygen atoms in total. The van der Waals surface area contributed by atoms with Crippen LogP contribution in [0.4, 0.5) is 0 Å². The van der Waals surface area contributed by atoms with E-state index in [4.69, 9.17) is 4.74 Å². The number of hydrogen-bond donors (Lipinski definition) is 1. The summed E-state index contributed by atoms with van der Waals surface area (Å²) in [4.78, 5) is 12.3. The van der Waals surface area contributed by atoms with Crippen LogP contribution in [0, 0.1) is 0 Å². The van der Waals surface area contributed by atoms with Gasteiger partial charge in [-0.05, 0) is 31.0 Å². The second-order valence-electron chi connectivity index (χ2n) is 5.22. The van der Waals surface area contributed by atoms with Gasteiger partial charge in [0.1, 0.15) is 5.69 Å². The van der Waals surface area contributed by atoms with E-state index in [0.717, 1.165) is 24.2 Å². The molecular weight excluding hydrogens is 266 g/mol. The fourth-order valence-corrected chi connectivity index (χ4v) is 2.26. The Labute approximate surface area is 123 Å². The minimum Gasteiger partial charge on any atom is -0.383 e. The third-order valence-electron chi connectivity index (χ3n) is 3.55. The highest BCUT2D eigenvalue weighted by Crippen LogP contribution is 2.39. The van der Waals surface area contributed by atoms with Crippen molar-refractivity contribution in [1.82, 2.24) is 15.1 Å². The number of nitrogens with one attached hydrogen (secondary N) is 1. The maximum absolute atomic E-state index is 12.3. The number of methoxy groups -OCH3 is 1. The Morgan fingerprint density at radius 3 is 2.81 bits per heavy atom. The number of benzene rings is 1. The lowest BCUT2D eigenvalue weighted by atomic mass is 10.2. The molecule has 0 unspecified atom stereocenters. The Bertz CT molecular complexity index is 618. The number of nitrogens with zero attached hydrogens (tertiary/aromatic N) is 2. The van der Waals surface area contributed by atoms with Crippen LogP contribution in [0.2, 0.25) is 0 Å². The smallest absolute Gasteiger partial charge is 0.270 e. The first-order chi connectivity index (χ1) is 10.3. The molecule has 0 aliphatic heterocycles. The van der Waals surface area contributed by atoms with Crippen molar-refractivity contribution in [3.05, 3.63) is 47.8 Å². The van der Waals surface area contributed by atoms with Gasteiger partial charge in [0.2, 0.25) is 0 Å². The quantitative estimate of drug-likeness (QED) is 0.827. The Kier molecular flexibility index (Phi) is 4.01. The van der Waals surface area contributed by atoms with Gasteiger partial charge in [-0.3, -0.25) is 4.79 Å². The Hall–Kier alpha value is -2.14. The Balaban J connectivity index is 1.88. The summed E-state index contributed by atoms with van der Waals surface area (Å²) in [5.74, 6) is 0.399. The fourth-order valence-electron chi connectivity index (χ4n) is 2.26. The lowest BCUT2D eigenvalue weighted by Gasteiger charge is -2.07. The third-order valence-corrected chi connectivity index (χ3v) is 3.55. The molecule has 1 fully saturated rings. The summed E-state index contributed by atoms with van der Waals surface area (Å²) >= 11 is 0. The van der Waals surface area contributed by atoms with Crippen molar-refractivity contribution in [2.45, 2.75) is 18.8 Å². The number of amides is 1. The van der Waals surface area contributed by atoms with E-state index in [1.165, 1.54) is 0 Å². The van der Waals surface area contributed by atoms with Crippen molar-refractivity contribution in [1.29, 1.82) is 0 Å². The van der Waals surface area contributed by atoms with Gasteiger partial charge < -0.3 is 10.1 Å². The van der Waals surface area contributed by atoms with Gasteiger partial charge in [-0.25, -0.2) is 4.68 Å². The van der Waals surface area contributed by atoms with E-state index in [0.29, 0.717) is 24.8 Å². The van der Waals surface area contributed by atoms with Gasteiger partial charge in [0, 0.05) is 19.6 Å². The number of rotatable bonds is 6. The molecule has 1 amide bonds. The molecule has 3 rings (SSSR count). The summed E-state index contributed by atoms with van der Waals surface area (Å²) in [6, 6.07) is 11.7. The molecule has 0 atom stereocenters. The van der Waals surface area contributed by atoms with E-state index < -0.39 is 0 Å². The number of carbonyl (C=O) groups is 1. The van der Waals surface area contributed by atoms with Gasteiger partial charge in [0.25, 0.3) is 5.91 Å². The maximum Gasteiger partial charge on any atom is 0.270 e. The maximum atomic E-state index is 12.3. The van der Waals surface area contributed by atoms with Gasteiger partial charge in [0.15, 0.2) is 0 Å². The summed E-state index contributed by atoms with van der Waals surface area (Å²) in [5.41, 5.74) is 2.50. The van der Waals surface area contributed by atoms with Gasteiger partial charge in [-0.15, -0.1) is 0 Å². The van der Waals surface area contributed by atoms with Gasteiger partial charge in [-0.1, -0.05) is 18.2 Å². The molecule has 0 saturated heterocycles. The van der Waals surface area contributed by atoms with E-state index >= 15 is 0 Å². The van der Waals surface area contributed by atoms with Crippen molar-refractivity contribution >= 4 is 5.91 Å². The number of carbonyl (C=O) groups excluding carboxylic acids is 1. The van der Waals surface area contributed by atoms with Crippen LogP contribution in [0.1, 0.15) is 34.9 Å². The first kappa shape index (κ1) is 13.8. The van der Waals surface area contributed by atoms with E-state index in [-0.39, 0.29) is 5.91 Å². The molecule has 0 spiro atoms. The molecule has 1 saturated carbocycles. The molecule has 1 N–H and O–H groups in total. The lowest BCUT2D eigenvalue weighted by Crippen LogP contribution is -2.28. The van der Waals surface area contributed by atoms with Crippen LogP contribution in [-0.2, 0) is 4.74 Å². The monoisotopic (exact) mass is 285 g/mol. The number of hydrogen-bond acceptors (Lipinski definition) is 3. The summed E-state index contributed by atoms with van der Waals surface area (Å²) in [6.45, 7) is 0.995. The minimum absolute atomic E-state index is 0.115. The normalized spacial score (nSPS) is 14.1. The predicted octanol–water partition coefficient (Wildman–Crippen LogP) is 2.13. The van der Waals surface area contributed by atoms with Crippen molar-refractivity contribution < 1.29 is 9.53 Å². The molecule has 0 radical (unpaired) electrons. The first-order valence-corrected chi connectivity index (χ1v) is 7.22. The van der Waals surface area contributed by atoms with Crippen LogP contribution in [0.5, 0.6) is 0 Å². The lowest BCUT2D eigenvalue weighted by molar-refractivity contribution is 0.0929. The molecule has 1 aliphatic rings. The molecule has 0 bridgehead atoms. The standard InChI is InChI=1S/C16H19N3O2/c1-21-10-9-17-16(20)15-11-14(12-7-8-12)18-19(15)13-5-3-2-4-6-13/h2-6,11-12H,7-10H2,1H3,(H,17,20). The van der Waals surface area contributed by atoms with Gasteiger partial charge in [0.05, 0.1) is 18.0 Å². The zero-order chi connectivity index (χ0) is 14.7. The van der Waals surface area contributed by atoms with Crippen LogP contribution >= 0.6 is 0 Å². The molecule has 5 heteroatoms. The highest BCUT2D eigenvalue weighted by molar-refractivity contribution is 5.93. The Morgan fingerprint density at radius 2 is 2.14 bits per heavy atom. The number of ether oxygens (including phenoxy) is 1. The highest BCUT2D eigenvalue weighted by Gasteiger charge is 2.28. The molecule has 2 aromatic rings. The van der Waals surface area contributed by atoms with Crippen LogP contribution in [0.3, 0.4) is 0 Å². The second kappa shape index (κ2) is 6.10. The Morgan fingerprint density at radius 1 is 1.38 bits per heavy atom. The zero-order valence-electron chi connectivity index (χ0n) is 12.1. The van der Waals surface area contributed by atoms with Crippen molar-refractivity contribution in [3.63, 3.8) is 0 Å². The SMILES string of the molecule is COCCNC(=O)c1cc(C2CC2)nn1-c1ccccc1. The summed E-state index contributed by atoms with van der Waals surface area (Å²) in [5, 5.41) is 7.47. The predicted molar refractivity (Wildman–Crippen MR) is 79.7 cm³/mol. The molecule has 21 heavy (non-hydrogen) atoms. The first-order valence-electron chi connectivity index (χ1n) is 7.22. The summed E-state index contributed by atoms with van der Waals surface area (Å²) in [7, 11) is 1.62. The van der Waals surface area contributed by atoms with Crippen LogP contribution in [0.25, 0.3) is 5.69 Å². The van der Waals surface area contributed by atoms with Crippen LogP contribution in [0.15, 0.2) is 36.4 Å². The molecule has 110 valence electrons. The fraction of sp³-hybridized carbons (Fsp3) is 0.375. The highest BCUT2D eigenvalue weighted by atomic mass is 16.5. The van der Waals surface area contributed by atoms with Crippen molar-refractivity contribution in [2.24, 2.45) is 0 Å². The largest absolute Gasteiger partial charge is 0.383 e. The van der Waals surface area contributed by atoms with E-state index in [1.807, 2.05) is 36.4 Å². The zero-order valence-corrected chi connectivity index (χ0v) is 12.1. The van der Waals surface area contributed by atoms with Crippen LogP contribution in [-0.4, -0.2) is 35.9 Å². The van der Waals surface area contributed by atoms with Gasteiger partial charge in [-0.2, -0.15) is 5.10 Å². The average molecular weight is 285 g/mol. The summed E-state index contributed by atoms with van der Waals surface area (Å²) < 4.78 is 6.69. The molecule has 1 heterocycles. The van der Waals surface area contributed by atoms with E-state index in [1.54, 1.807) is 11.8 Å². The molecular formula is C16H19N3O2. The molecule has 1 aromatic heterocycles. The minimum atomic E-state index is -0.115. The van der Waals surface area contributed by atoms with E-state index in [9.17, 15) is 4.79 Å². The van der Waals surface area contributed by atoms with E-state index in [2.05, 4.69) is 10.4 Å². The third kappa shape index (κ3) is 3.13. The summed E-state index contributed by atoms with van der Waals surface area (Å²) in [6.07, 6.45) is 2.33. The topological polar surface area (TPSA) is 56.1 Å². The van der Waals surface area contributed by atoms with Crippen molar-refractivity contribution in [3.8, 4) is 5.69 Å². The number of para-hydroxylation sites is 1. The molecule has 1 aromatic carbocycles. The second-order valence-corrected chi connectivity index (χ2v) is 5.22. The van der Waals surface area contributed by atoms with Crippen LogP contribution < -0.4 is 5.32 Å². The average Bonchev–Trinajstić information content (AvgIpc) is 3.27. The molecule has 1 aliphatic carbocycles.